The third-order valence-corrected chi connectivity index (χ3v) is 3.29. The average molecular weight is 373 g/mol. The van der Waals surface area contributed by atoms with Gasteiger partial charge in [-0.15, -0.1) is 15.3 Å². The second kappa shape index (κ2) is 6.73. The summed E-state index contributed by atoms with van der Waals surface area (Å²) in [6.07, 6.45) is -4.69. The Balaban J connectivity index is 1.70. The first-order valence-corrected chi connectivity index (χ1v) is 7.38. The number of ether oxygens (including phenoxy) is 1. The van der Waals surface area contributed by atoms with Gasteiger partial charge in [0.05, 0.1) is 6.04 Å². The van der Waals surface area contributed by atoms with E-state index < -0.39 is 29.7 Å². The lowest BCUT2D eigenvalue weighted by molar-refractivity contribution is -0.146. The van der Waals surface area contributed by atoms with Crippen LogP contribution in [0, 0.1) is 11.6 Å². The third kappa shape index (κ3) is 3.81. The average Bonchev–Trinajstić information content (AvgIpc) is 2.97. The van der Waals surface area contributed by atoms with E-state index in [0.29, 0.717) is 10.6 Å². The molecule has 26 heavy (non-hydrogen) atoms. The van der Waals surface area contributed by atoms with Crippen molar-refractivity contribution < 1.29 is 26.7 Å². The van der Waals surface area contributed by atoms with E-state index in [1.54, 1.807) is 6.92 Å². The number of hydrogen-bond acceptors (Lipinski definition) is 5. The number of benzene rings is 1. The van der Waals surface area contributed by atoms with E-state index in [4.69, 9.17) is 4.74 Å². The van der Waals surface area contributed by atoms with Crippen molar-refractivity contribution in [2.45, 2.75) is 19.1 Å². The number of anilines is 1. The molecule has 1 aromatic carbocycles. The highest BCUT2D eigenvalue weighted by atomic mass is 19.4. The van der Waals surface area contributed by atoms with E-state index in [9.17, 15) is 22.0 Å². The molecule has 6 nitrogen and oxygen atoms in total. The van der Waals surface area contributed by atoms with E-state index in [1.807, 2.05) is 0 Å². The summed E-state index contributed by atoms with van der Waals surface area (Å²) in [6.45, 7) is 1.63. The van der Waals surface area contributed by atoms with E-state index in [1.165, 1.54) is 12.1 Å². The Morgan fingerprint density at radius 1 is 1.15 bits per heavy atom. The molecule has 0 saturated heterocycles. The van der Waals surface area contributed by atoms with Crippen molar-refractivity contribution in [3.05, 3.63) is 47.8 Å². The van der Waals surface area contributed by atoms with Crippen molar-refractivity contribution in [2.24, 2.45) is 0 Å². The van der Waals surface area contributed by atoms with Crippen LogP contribution in [0.4, 0.5) is 27.8 Å². The summed E-state index contributed by atoms with van der Waals surface area (Å²) < 4.78 is 70.7. The van der Waals surface area contributed by atoms with Crippen LogP contribution in [0.2, 0.25) is 0 Å². The summed E-state index contributed by atoms with van der Waals surface area (Å²) in [7, 11) is 0. The molecule has 0 bridgehead atoms. The van der Waals surface area contributed by atoms with Crippen LogP contribution < -0.4 is 10.1 Å². The Morgan fingerprint density at radius 3 is 2.62 bits per heavy atom. The van der Waals surface area contributed by atoms with Gasteiger partial charge in [-0.05, 0) is 31.2 Å². The van der Waals surface area contributed by atoms with Gasteiger partial charge in [0, 0.05) is 6.07 Å². The first-order valence-electron chi connectivity index (χ1n) is 7.38. The van der Waals surface area contributed by atoms with Crippen LogP contribution in [0.5, 0.6) is 5.75 Å². The lowest BCUT2D eigenvalue weighted by Crippen LogP contribution is -2.25. The zero-order chi connectivity index (χ0) is 18.9. The van der Waals surface area contributed by atoms with Crippen molar-refractivity contribution in [2.75, 3.05) is 11.9 Å². The van der Waals surface area contributed by atoms with Crippen molar-refractivity contribution in [1.82, 2.24) is 19.8 Å². The Labute approximate surface area is 143 Å². The molecule has 3 rings (SSSR count). The van der Waals surface area contributed by atoms with Crippen molar-refractivity contribution in [1.29, 1.82) is 0 Å². The van der Waals surface area contributed by atoms with Crippen LogP contribution >= 0.6 is 0 Å². The molecule has 2 aromatic heterocycles. The third-order valence-electron chi connectivity index (χ3n) is 3.29. The molecule has 0 aliphatic rings. The molecular formula is C15H12F5N5O. The smallest absolute Gasteiger partial charge is 0.453 e. The minimum Gasteiger partial charge on any atom is -0.488 e. The second-order valence-corrected chi connectivity index (χ2v) is 5.44. The zero-order valence-corrected chi connectivity index (χ0v) is 13.3. The van der Waals surface area contributed by atoms with E-state index >= 15 is 0 Å². The Hall–Kier alpha value is -2.98. The number of fused-ring (bicyclic) bond motifs is 1. The number of nitrogens with zero attached hydrogens (tertiary/aromatic N) is 4. The van der Waals surface area contributed by atoms with Gasteiger partial charge in [0.25, 0.3) is 5.82 Å². The SMILES string of the molecule is CC(COc1ccc(F)cc1F)Nc1ccc2nnc(C(F)(F)F)n2n1. The zero-order valence-electron chi connectivity index (χ0n) is 13.3. The van der Waals surface area contributed by atoms with Crippen LogP contribution in [0.25, 0.3) is 5.65 Å². The fourth-order valence-electron chi connectivity index (χ4n) is 2.14. The minimum atomic E-state index is -4.69. The van der Waals surface area contributed by atoms with Crippen molar-refractivity contribution >= 4 is 11.5 Å². The predicted molar refractivity (Wildman–Crippen MR) is 80.7 cm³/mol. The summed E-state index contributed by atoms with van der Waals surface area (Å²) in [4.78, 5) is 0. The number of rotatable bonds is 5. The molecule has 0 amide bonds. The molecule has 138 valence electrons. The number of halogens is 5. The van der Waals surface area contributed by atoms with Crippen LogP contribution in [0.15, 0.2) is 30.3 Å². The quantitative estimate of drug-likeness (QED) is 0.696. The lowest BCUT2D eigenvalue weighted by Gasteiger charge is -2.16. The van der Waals surface area contributed by atoms with E-state index in [2.05, 4.69) is 20.6 Å². The topological polar surface area (TPSA) is 64.3 Å². The fraction of sp³-hybridized carbons (Fsp3) is 0.267. The number of aromatic nitrogens is 4. The minimum absolute atomic E-state index is 0.0312. The molecule has 11 heteroatoms. The van der Waals surface area contributed by atoms with Crippen LogP contribution in [0.1, 0.15) is 12.7 Å². The molecule has 2 heterocycles. The normalized spacial score (nSPS) is 13.0. The van der Waals surface area contributed by atoms with Gasteiger partial charge in [0.2, 0.25) is 0 Å². The van der Waals surface area contributed by atoms with Gasteiger partial charge in [0.1, 0.15) is 18.2 Å². The van der Waals surface area contributed by atoms with Crippen molar-refractivity contribution in [3.63, 3.8) is 0 Å². The molecule has 0 spiro atoms. The number of nitrogens with one attached hydrogen (secondary N) is 1. The largest absolute Gasteiger partial charge is 0.488 e. The maximum absolute atomic E-state index is 13.5. The summed E-state index contributed by atoms with van der Waals surface area (Å²) in [6, 6.07) is 5.21. The van der Waals surface area contributed by atoms with Gasteiger partial charge in [-0.25, -0.2) is 8.78 Å². The Kier molecular flexibility index (Phi) is 4.62. The van der Waals surface area contributed by atoms with Gasteiger partial charge >= 0.3 is 6.18 Å². The van der Waals surface area contributed by atoms with Gasteiger partial charge in [0.15, 0.2) is 17.2 Å². The molecule has 1 unspecified atom stereocenters. The summed E-state index contributed by atoms with van der Waals surface area (Å²) in [5.41, 5.74) is -0.0554. The summed E-state index contributed by atoms with van der Waals surface area (Å²) >= 11 is 0. The molecule has 0 fully saturated rings. The standard InChI is InChI=1S/C15H12F5N5O/c1-8(7-26-11-3-2-9(16)6-10(11)17)21-12-4-5-13-22-23-14(15(18,19)20)25(13)24-12/h2-6,8H,7H2,1H3,(H,21,24). The van der Waals surface area contributed by atoms with Gasteiger partial charge in [-0.1, -0.05) is 0 Å². The summed E-state index contributed by atoms with van der Waals surface area (Å²) in [5.74, 6) is -2.84. The first kappa shape index (κ1) is 17.8. The van der Waals surface area contributed by atoms with Crippen molar-refractivity contribution in [3.8, 4) is 5.75 Å². The molecule has 0 aliphatic carbocycles. The Morgan fingerprint density at radius 2 is 1.92 bits per heavy atom. The Bertz CT molecular complexity index is 926. The highest BCUT2D eigenvalue weighted by Crippen LogP contribution is 2.27. The predicted octanol–water partition coefficient (Wildman–Crippen LogP) is 3.30. The maximum atomic E-state index is 13.5. The molecule has 0 radical (unpaired) electrons. The molecule has 0 saturated carbocycles. The number of alkyl halides is 3. The monoisotopic (exact) mass is 373 g/mol. The van der Waals surface area contributed by atoms with Gasteiger partial charge in [-0.3, -0.25) is 0 Å². The van der Waals surface area contributed by atoms with Gasteiger partial charge in [-0.2, -0.15) is 17.7 Å². The van der Waals surface area contributed by atoms with E-state index in [-0.39, 0.29) is 23.8 Å². The van der Waals surface area contributed by atoms with Crippen LogP contribution in [-0.4, -0.2) is 32.5 Å². The van der Waals surface area contributed by atoms with Crippen LogP contribution in [0.3, 0.4) is 0 Å². The highest BCUT2D eigenvalue weighted by molar-refractivity contribution is 5.44. The fourth-order valence-corrected chi connectivity index (χ4v) is 2.14. The highest BCUT2D eigenvalue weighted by Gasteiger charge is 2.37. The van der Waals surface area contributed by atoms with Crippen LogP contribution in [-0.2, 0) is 6.18 Å². The van der Waals surface area contributed by atoms with E-state index in [0.717, 1.165) is 12.1 Å². The molecule has 1 atom stereocenters. The molecule has 1 N–H and O–H groups in total. The molecular weight excluding hydrogens is 361 g/mol. The maximum Gasteiger partial charge on any atom is 0.453 e. The second-order valence-electron chi connectivity index (χ2n) is 5.44. The number of hydrogen-bond donors (Lipinski definition) is 1. The first-order chi connectivity index (χ1) is 12.2. The summed E-state index contributed by atoms with van der Waals surface area (Å²) in [5, 5.41) is 13.1. The van der Waals surface area contributed by atoms with Gasteiger partial charge < -0.3 is 10.1 Å². The molecule has 0 aliphatic heterocycles. The molecule has 3 aromatic rings. The lowest BCUT2D eigenvalue weighted by atomic mass is 10.3.